The third-order valence-electron chi connectivity index (χ3n) is 4.83. The van der Waals surface area contributed by atoms with Crippen molar-refractivity contribution >= 4 is 46.0 Å². The van der Waals surface area contributed by atoms with Crippen LogP contribution in [0.15, 0.2) is 44.8 Å². The molecule has 9 heteroatoms. The van der Waals surface area contributed by atoms with Gasteiger partial charge in [0.2, 0.25) is 0 Å². The van der Waals surface area contributed by atoms with Crippen molar-refractivity contribution in [2.45, 2.75) is 24.8 Å². The minimum absolute atomic E-state index is 0.186. The van der Waals surface area contributed by atoms with E-state index in [4.69, 9.17) is 16.3 Å². The van der Waals surface area contributed by atoms with Crippen molar-refractivity contribution in [1.82, 2.24) is 9.97 Å². The highest BCUT2D eigenvalue weighted by atomic mass is 35.5. The molecule has 2 heterocycles. The van der Waals surface area contributed by atoms with Crippen molar-refractivity contribution < 1.29 is 4.74 Å². The second kappa shape index (κ2) is 8.14. The van der Waals surface area contributed by atoms with Crippen LogP contribution in [0.3, 0.4) is 0 Å². The summed E-state index contributed by atoms with van der Waals surface area (Å²) < 4.78 is 8.89. The van der Waals surface area contributed by atoms with E-state index in [1.807, 2.05) is 37.3 Å². The van der Waals surface area contributed by atoms with E-state index in [0.29, 0.717) is 22.7 Å². The molecule has 7 nitrogen and oxygen atoms in total. The first-order chi connectivity index (χ1) is 13.9. The molecule has 1 saturated heterocycles. The van der Waals surface area contributed by atoms with Crippen LogP contribution in [0.4, 0.5) is 11.4 Å². The van der Waals surface area contributed by atoms with Crippen LogP contribution in [0, 0.1) is 6.92 Å². The Morgan fingerprint density at radius 3 is 2.59 bits per heavy atom. The molecule has 1 aliphatic heterocycles. The van der Waals surface area contributed by atoms with E-state index in [1.165, 1.54) is 11.9 Å². The molecule has 1 aliphatic rings. The van der Waals surface area contributed by atoms with Crippen LogP contribution in [0.25, 0.3) is 11.0 Å². The number of fused-ring (bicyclic) bond motifs is 1. The van der Waals surface area contributed by atoms with E-state index < -0.39 is 11.1 Å². The lowest BCUT2D eigenvalue weighted by Crippen LogP contribution is -2.41. The van der Waals surface area contributed by atoms with Crippen LogP contribution in [0.1, 0.15) is 12.5 Å². The smallest absolute Gasteiger partial charge is 0.314 e. The number of aryl methyl sites for hydroxylation is 1. The number of hydrogen-bond donors (Lipinski definition) is 3. The van der Waals surface area contributed by atoms with Crippen molar-refractivity contribution in [1.29, 1.82) is 0 Å². The minimum atomic E-state index is -0.662. The van der Waals surface area contributed by atoms with Crippen LogP contribution in [-0.4, -0.2) is 35.8 Å². The summed E-state index contributed by atoms with van der Waals surface area (Å²) in [5, 5.41) is 0.682. The maximum atomic E-state index is 11.6. The monoisotopic (exact) mass is 432 g/mol. The highest BCUT2D eigenvalue weighted by Crippen LogP contribution is 2.33. The van der Waals surface area contributed by atoms with Gasteiger partial charge in [-0.2, -0.15) is 0 Å². The molecule has 1 fully saturated rings. The number of H-pyrrole nitrogens is 2. The third kappa shape index (κ3) is 4.29. The fourth-order valence-corrected chi connectivity index (χ4v) is 4.39. The fourth-order valence-electron chi connectivity index (χ4n) is 3.34. The van der Waals surface area contributed by atoms with Gasteiger partial charge >= 0.3 is 11.1 Å². The first-order valence-corrected chi connectivity index (χ1v) is 10.5. The van der Waals surface area contributed by atoms with Crippen LogP contribution < -0.4 is 20.7 Å². The Labute approximate surface area is 176 Å². The molecule has 0 radical (unpaired) electrons. The lowest BCUT2D eigenvalue weighted by atomic mass is 10.2. The summed E-state index contributed by atoms with van der Waals surface area (Å²) in [5.41, 5.74) is 2.72. The molecule has 0 spiro atoms. The lowest BCUT2D eigenvalue weighted by molar-refractivity contribution is 0.0532. The Hall–Kier alpha value is -2.42. The van der Waals surface area contributed by atoms with Gasteiger partial charge in [0.05, 0.1) is 34.5 Å². The molecule has 3 N–H and O–H groups in total. The fraction of sp³-hybridized carbons (Fsp3) is 0.300. The molecule has 0 aliphatic carbocycles. The van der Waals surface area contributed by atoms with Gasteiger partial charge < -0.3 is 24.3 Å². The number of morpholine rings is 1. The molecule has 4 rings (SSSR count). The SMILES string of the molecule is Cc1cc2[nH]c(=O)c(=O)[nH]c2cc1SNc1ccc(N2CCOC(C)C2)c(Cl)c1. The number of hydrogen-bond acceptors (Lipinski definition) is 6. The maximum absolute atomic E-state index is 11.6. The van der Waals surface area contributed by atoms with E-state index >= 15 is 0 Å². The van der Waals surface area contributed by atoms with Gasteiger partial charge in [-0.05, 0) is 61.7 Å². The van der Waals surface area contributed by atoms with Gasteiger partial charge in [0.1, 0.15) is 0 Å². The second-order valence-electron chi connectivity index (χ2n) is 7.07. The number of aromatic amines is 2. The summed E-state index contributed by atoms with van der Waals surface area (Å²) in [4.78, 5) is 31.4. The molecule has 1 atom stereocenters. The van der Waals surface area contributed by atoms with Crippen molar-refractivity contribution in [2.24, 2.45) is 0 Å². The number of aromatic nitrogens is 2. The number of ether oxygens (including phenoxy) is 1. The third-order valence-corrected chi connectivity index (χ3v) is 6.13. The number of nitrogens with one attached hydrogen (secondary N) is 3. The Morgan fingerprint density at radius 2 is 1.90 bits per heavy atom. The Bertz CT molecular complexity index is 1180. The average Bonchev–Trinajstić information content (AvgIpc) is 2.68. The summed E-state index contributed by atoms with van der Waals surface area (Å²) in [7, 11) is 0. The predicted octanol–water partition coefficient (Wildman–Crippen LogP) is 3.52. The zero-order valence-corrected chi connectivity index (χ0v) is 17.6. The summed E-state index contributed by atoms with van der Waals surface area (Å²) in [6.07, 6.45) is 0.186. The first kappa shape index (κ1) is 19.9. The zero-order chi connectivity index (χ0) is 20.5. The van der Waals surface area contributed by atoms with E-state index in [0.717, 1.165) is 34.9 Å². The van der Waals surface area contributed by atoms with Crippen molar-refractivity contribution in [3.63, 3.8) is 0 Å². The minimum Gasteiger partial charge on any atom is -0.375 e. The lowest BCUT2D eigenvalue weighted by Gasteiger charge is -2.33. The maximum Gasteiger partial charge on any atom is 0.314 e. The standard InChI is InChI=1S/C20H21ClN4O3S/c1-11-7-15-16(23-20(27)19(26)22-15)9-18(11)29-24-13-3-4-17(14(21)8-13)25-5-6-28-12(2)10-25/h3-4,7-9,12,24H,5-6,10H2,1-2H3,(H,22,26)(H,23,27). The molecular weight excluding hydrogens is 412 g/mol. The molecular formula is C20H21ClN4O3S. The van der Waals surface area contributed by atoms with Crippen molar-refractivity contribution in [3.05, 3.63) is 61.6 Å². The van der Waals surface area contributed by atoms with E-state index in [9.17, 15) is 9.59 Å². The molecule has 0 saturated carbocycles. The number of nitrogens with zero attached hydrogens (tertiary/aromatic N) is 1. The van der Waals surface area contributed by atoms with Gasteiger partial charge in [-0.15, -0.1) is 0 Å². The van der Waals surface area contributed by atoms with Crippen LogP contribution in [0.5, 0.6) is 0 Å². The van der Waals surface area contributed by atoms with Gasteiger partial charge in [-0.3, -0.25) is 9.59 Å². The van der Waals surface area contributed by atoms with Gasteiger partial charge in [0.15, 0.2) is 0 Å². The number of rotatable bonds is 4. The van der Waals surface area contributed by atoms with Crippen LogP contribution >= 0.6 is 23.5 Å². The normalized spacial score (nSPS) is 16.9. The summed E-state index contributed by atoms with van der Waals surface area (Å²) in [6, 6.07) is 9.58. The second-order valence-corrected chi connectivity index (χ2v) is 8.32. The quantitative estimate of drug-likeness (QED) is 0.431. The summed E-state index contributed by atoms with van der Waals surface area (Å²) in [5.74, 6) is 0. The van der Waals surface area contributed by atoms with Crippen molar-refractivity contribution in [3.8, 4) is 0 Å². The molecule has 1 aromatic heterocycles. The van der Waals surface area contributed by atoms with Gasteiger partial charge in [0.25, 0.3) is 0 Å². The topological polar surface area (TPSA) is 90.2 Å². The Morgan fingerprint density at radius 1 is 1.17 bits per heavy atom. The molecule has 29 heavy (non-hydrogen) atoms. The highest BCUT2D eigenvalue weighted by Gasteiger charge is 2.19. The van der Waals surface area contributed by atoms with Gasteiger partial charge in [-0.1, -0.05) is 11.6 Å². The van der Waals surface area contributed by atoms with Gasteiger partial charge in [0, 0.05) is 23.7 Å². The van der Waals surface area contributed by atoms with Gasteiger partial charge in [-0.25, -0.2) is 0 Å². The summed E-state index contributed by atoms with van der Waals surface area (Å²) in [6.45, 7) is 6.34. The first-order valence-electron chi connectivity index (χ1n) is 9.26. The average molecular weight is 433 g/mol. The highest BCUT2D eigenvalue weighted by molar-refractivity contribution is 8.00. The van der Waals surface area contributed by atoms with E-state index in [1.54, 1.807) is 0 Å². The molecule has 152 valence electrons. The molecule has 0 amide bonds. The number of benzene rings is 2. The molecule has 3 aromatic rings. The molecule has 2 aromatic carbocycles. The zero-order valence-electron chi connectivity index (χ0n) is 16.0. The number of anilines is 2. The molecule has 0 bridgehead atoms. The van der Waals surface area contributed by atoms with Crippen LogP contribution in [0.2, 0.25) is 5.02 Å². The summed E-state index contributed by atoms with van der Waals surface area (Å²) >= 11 is 7.95. The van der Waals surface area contributed by atoms with Crippen LogP contribution in [-0.2, 0) is 4.74 Å². The van der Waals surface area contributed by atoms with E-state index in [2.05, 4.69) is 26.5 Å². The Balaban J connectivity index is 1.52. The number of halogens is 1. The van der Waals surface area contributed by atoms with E-state index in [-0.39, 0.29) is 6.10 Å². The Kier molecular flexibility index (Phi) is 5.58. The largest absolute Gasteiger partial charge is 0.375 e. The predicted molar refractivity (Wildman–Crippen MR) is 118 cm³/mol. The van der Waals surface area contributed by atoms with Crippen molar-refractivity contribution in [2.75, 3.05) is 29.3 Å². The molecule has 1 unspecified atom stereocenters.